The smallest absolute Gasteiger partial charge is 0.237 e. The first-order chi connectivity index (χ1) is 9.02. The van der Waals surface area contributed by atoms with Crippen LogP contribution in [0.15, 0.2) is 36.6 Å². The fourth-order valence-corrected chi connectivity index (χ4v) is 2.57. The second-order valence-electron chi connectivity index (χ2n) is 4.55. The van der Waals surface area contributed by atoms with E-state index < -0.39 is 0 Å². The maximum atomic E-state index is 12.4. The van der Waals surface area contributed by atoms with Gasteiger partial charge in [-0.05, 0) is 44.2 Å². The molecule has 1 aromatic rings. The molecule has 19 heavy (non-hydrogen) atoms. The molecule has 2 nitrogen and oxygen atoms in total. The number of para-hydroxylation sites is 1. The zero-order valence-electron chi connectivity index (χ0n) is 12.1. The molecule has 0 heterocycles. The predicted octanol–water partition coefficient (Wildman–Crippen LogP) is 3.73. The third kappa shape index (κ3) is 3.76. The Hall–Kier alpha value is -1.44. The maximum Gasteiger partial charge on any atom is 0.237 e. The SMILES string of the molecule is C=C=CC(C)N(C(=O)CSC)c1c(C)cccc1C. The molecule has 102 valence electrons. The fraction of sp³-hybridized carbons (Fsp3) is 0.375. The van der Waals surface area contributed by atoms with Crippen LogP contribution in [0.25, 0.3) is 0 Å². The van der Waals surface area contributed by atoms with Crippen molar-refractivity contribution in [1.82, 2.24) is 0 Å². The summed E-state index contributed by atoms with van der Waals surface area (Å²) in [6.07, 6.45) is 3.76. The van der Waals surface area contributed by atoms with Gasteiger partial charge in [0.2, 0.25) is 5.91 Å². The number of benzene rings is 1. The molecular weight excluding hydrogens is 254 g/mol. The highest BCUT2D eigenvalue weighted by atomic mass is 32.2. The molecule has 0 radical (unpaired) electrons. The quantitative estimate of drug-likeness (QED) is 0.763. The van der Waals surface area contributed by atoms with Crippen molar-refractivity contribution in [2.75, 3.05) is 16.9 Å². The lowest BCUT2D eigenvalue weighted by Crippen LogP contribution is -2.39. The van der Waals surface area contributed by atoms with E-state index in [-0.39, 0.29) is 11.9 Å². The van der Waals surface area contributed by atoms with Gasteiger partial charge in [0.05, 0.1) is 17.5 Å². The number of anilines is 1. The number of aryl methyl sites for hydroxylation is 2. The third-order valence-corrected chi connectivity index (χ3v) is 3.52. The Balaban J connectivity index is 3.30. The lowest BCUT2D eigenvalue weighted by molar-refractivity contribution is -0.116. The molecule has 0 aliphatic heterocycles. The molecule has 1 amide bonds. The number of amides is 1. The second kappa shape index (κ2) is 7.22. The van der Waals surface area contributed by atoms with Gasteiger partial charge in [-0.3, -0.25) is 4.79 Å². The summed E-state index contributed by atoms with van der Waals surface area (Å²) < 4.78 is 0. The van der Waals surface area contributed by atoms with Crippen molar-refractivity contribution in [1.29, 1.82) is 0 Å². The van der Waals surface area contributed by atoms with E-state index in [2.05, 4.69) is 12.3 Å². The number of thioether (sulfide) groups is 1. The monoisotopic (exact) mass is 275 g/mol. The number of hydrogen-bond donors (Lipinski definition) is 0. The third-order valence-electron chi connectivity index (χ3n) is 2.98. The number of nitrogens with zero attached hydrogens (tertiary/aromatic N) is 1. The lowest BCUT2D eigenvalue weighted by atomic mass is 10.1. The summed E-state index contributed by atoms with van der Waals surface area (Å²) >= 11 is 1.54. The molecule has 0 spiro atoms. The number of carbonyl (C=O) groups is 1. The Morgan fingerprint density at radius 1 is 1.47 bits per heavy atom. The average Bonchev–Trinajstić information content (AvgIpc) is 2.34. The van der Waals surface area contributed by atoms with Crippen LogP contribution in [0.1, 0.15) is 18.1 Å². The minimum atomic E-state index is -0.0445. The van der Waals surface area contributed by atoms with Crippen LogP contribution in [0.5, 0.6) is 0 Å². The van der Waals surface area contributed by atoms with Gasteiger partial charge >= 0.3 is 0 Å². The summed E-state index contributed by atoms with van der Waals surface area (Å²) in [5, 5.41) is 0. The van der Waals surface area contributed by atoms with E-state index in [0.717, 1.165) is 16.8 Å². The van der Waals surface area contributed by atoms with E-state index in [1.807, 2.05) is 56.2 Å². The van der Waals surface area contributed by atoms with Crippen LogP contribution < -0.4 is 4.90 Å². The van der Waals surface area contributed by atoms with Gasteiger partial charge in [-0.1, -0.05) is 24.8 Å². The Morgan fingerprint density at radius 2 is 2.05 bits per heavy atom. The highest BCUT2D eigenvalue weighted by molar-refractivity contribution is 7.99. The minimum Gasteiger partial charge on any atom is -0.304 e. The molecule has 1 atom stereocenters. The van der Waals surface area contributed by atoms with Gasteiger partial charge < -0.3 is 4.90 Å². The highest BCUT2D eigenvalue weighted by Crippen LogP contribution is 2.27. The van der Waals surface area contributed by atoms with E-state index in [1.54, 1.807) is 0 Å². The molecule has 0 saturated heterocycles. The molecule has 0 aliphatic carbocycles. The second-order valence-corrected chi connectivity index (χ2v) is 5.41. The van der Waals surface area contributed by atoms with Gasteiger partial charge in [-0.2, -0.15) is 11.8 Å². The molecular formula is C16H21NOS. The summed E-state index contributed by atoms with van der Waals surface area (Å²) in [6.45, 7) is 9.66. The Morgan fingerprint density at radius 3 is 2.53 bits per heavy atom. The van der Waals surface area contributed by atoms with E-state index in [9.17, 15) is 4.79 Å². The zero-order valence-corrected chi connectivity index (χ0v) is 12.9. The largest absolute Gasteiger partial charge is 0.304 e. The molecule has 3 heteroatoms. The molecule has 1 rings (SSSR count). The van der Waals surface area contributed by atoms with Crippen molar-refractivity contribution >= 4 is 23.4 Å². The summed E-state index contributed by atoms with van der Waals surface area (Å²) in [7, 11) is 0. The molecule has 0 fully saturated rings. The zero-order chi connectivity index (χ0) is 14.4. The van der Waals surface area contributed by atoms with E-state index in [4.69, 9.17) is 0 Å². The fourth-order valence-electron chi connectivity index (χ4n) is 2.18. The van der Waals surface area contributed by atoms with Gasteiger partial charge in [0, 0.05) is 0 Å². The molecule has 0 aromatic heterocycles. The molecule has 0 saturated carbocycles. The van der Waals surface area contributed by atoms with Crippen LogP contribution in [0.2, 0.25) is 0 Å². The van der Waals surface area contributed by atoms with E-state index >= 15 is 0 Å². The van der Waals surface area contributed by atoms with E-state index in [0.29, 0.717) is 5.75 Å². The summed E-state index contributed by atoms with van der Waals surface area (Å²) in [5.74, 6) is 0.590. The van der Waals surface area contributed by atoms with Crippen molar-refractivity contribution in [3.8, 4) is 0 Å². The van der Waals surface area contributed by atoms with Crippen molar-refractivity contribution in [2.45, 2.75) is 26.8 Å². The molecule has 1 aromatic carbocycles. The summed E-state index contributed by atoms with van der Waals surface area (Å²) in [4.78, 5) is 14.2. The Bertz CT molecular complexity index is 483. The number of carbonyl (C=O) groups excluding carboxylic acids is 1. The van der Waals surface area contributed by atoms with Gasteiger partial charge in [0.1, 0.15) is 0 Å². The first-order valence-corrected chi connectivity index (χ1v) is 7.65. The van der Waals surface area contributed by atoms with Gasteiger partial charge in [0.25, 0.3) is 0 Å². The Kier molecular flexibility index (Phi) is 5.94. The maximum absolute atomic E-state index is 12.4. The average molecular weight is 275 g/mol. The minimum absolute atomic E-state index is 0.0445. The van der Waals surface area contributed by atoms with Gasteiger partial charge in [-0.25, -0.2) is 0 Å². The lowest BCUT2D eigenvalue weighted by Gasteiger charge is -2.30. The van der Waals surface area contributed by atoms with Crippen molar-refractivity contribution < 1.29 is 4.79 Å². The van der Waals surface area contributed by atoms with Crippen LogP contribution >= 0.6 is 11.8 Å². The standard InChI is InChI=1S/C16H21NOS/c1-6-8-14(4)17(15(18)11-19-5)16-12(2)9-7-10-13(16)3/h7-10,14H,1,11H2,2-5H3. The van der Waals surface area contributed by atoms with Crippen LogP contribution in [0.4, 0.5) is 5.69 Å². The van der Waals surface area contributed by atoms with Crippen LogP contribution in [0, 0.1) is 13.8 Å². The van der Waals surface area contributed by atoms with Crippen LogP contribution in [0.3, 0.4) is 0 Å². The molecule has 0 N–H and O–H groups in total. The van der Waals surface area contributed by atoms with Crippen LogP contribution in [-0.4, -0.2) is 24.0 Å². The highest BCUT2D eigenvalue weighted by Gasteiger charge is 2.22. The first kappa shape index (κ1) is 15.6. The van der Waals surface area contributed by atoms with Gasteiger partial charge in [-0.15, -0.1) is 5.73 Å². The van der Waals surface area contributed by atoms with Crippen molar-refractivity contribution in [3.63, 3.8) is 0 Å². The predicted molar refractivity (Wildman–Crippen MR) is 85.0 cm³/mol. The van der Waals surface area contributed by atoms with E-state index in [1.165, 1.54) is 11.8 Å². The topological polar surface area (TPSA) is 20.3 Å². The first-order valence-electron chi connectivity index (χ1n) is 6.26. The normalized spacial score (nSPS) is 11.6. The number of rotatable bonds is 5. The molecule has 0 bridgehead atoms. The van der Waals surface area contributed by atoms with Gasteiger partial charge in [0.15, 0.2) is 0 Å². The van der Waals surface area contributed by atoms with Crippen molar-refractivity contribution in [2.24, 2.45) is 0 Å². The van der Waals surface area contributed by atoms with Crippen LogP contribution in [-0.2, 0) is 4.79 Å². The molecule has 0 aliphatic rings. The molecule has 1 unspecified atom stereocenters. The number of hydrogen-bond acceptors (Lipinski definition) is 2. The Labute approximate surface area is 120 Å². The summed E-state index contributed by atoms with van der Waals surface area (Å²) in [6, 6.07) is 6.04. The summed E-state index contributed by atoms with van der Waals surface area (Å²) in [5.41, 5.74) is 6.00. The van der Waals surface area contributed by atoms with Crippen molar-refractivity contribution in [3.05, 3.63) is 47.7 Å².